The van der Waals surface area contributed by atoms with Crippen LogP contribution in [0.1, 0.15) is 5.56 Å². The molecule has 2 rings (SSSR count). The lowest BCUT2D eigenvalue weighted by atomic mass is 10.2. The standard InChI is InChI=1S/C12H11NO.ClH/c14-12-8-4-5-9-13(12)10-11-6-2-1-3-7-11;/h1-9H,10H2;1H. The van der Waals surface area contributed by atoms with Crippen molar-refractivity contribution in [2.45, 2.75) is 6.54 Å². The van der Waals surface area contributed by atoms with Gasteiger partial charge in [0.2, 0.25) is 0 Å². The van der Waals surface area contributed by atoms with Crippen LogP contribution >= 0.6 is 12.4 Å². The molecule has 0 saturated carbocycles. The molecule has 0 unspecified atom stereocenters. The van der Waals surface area contributed by atoms with Crippen LogP contribution in [0, 0.1) is 0 Å². The molecule has 0 aliphatic heterocycles. The zero-order valence-electron chi connectivity index (χ0n) is 8.17. The Labute approximate surface area is 94.6 Å². The molecule has 0 radical (unpaired) electrons. The predicted octanol–water partition coefficient (Wildman–Crippen LogP) is 2.32. The maximum Gasteiger partial charge on any atom is 0.250 e. The number of hydrogen-bond donors (Lipinski definition) is 0. The van der Waals surface area contributed by atoms with Crippen LogP contribution in [-0.4, -0.2) is 4.57 Å². The molecule has 1 aromatic heterocycles. The van der Waals surface area contributed by atoms with Gasteiger partial charge in [0.1, 0.15) is 0 Å². The summed E-state index contributed by atoms with van der Waals surface area (Å²) in [4.78, 5) is 11.4. The summed E-state index contributed by atoms with van der Waals surface area (Å²) in [5, 5.41) is 0. The van der Waals surface area contributed by atoms with Crippen molar-refractivity contribution in [2.24, 2.45) is 0 Å². The Hall–Kier alpha value is -1.54. The van der Waals surface area contributed by atoms with Crippen molar-refractivity contribution in [3.63, 3.8) is 0 Å². The third-order valence-electron chi connectivity index (χ3n) is 2.09. The largest absolute Gasteiger partial charge is 0.311 e. The molecule has 0 aliphatic rings. The number of pyridine rings is 1. The first-order chi connectivity index (χ1) is 6.86. The number of hydrogen-bond acceptors (Lipinski definition) is 1. The number of halogens is 1. The smallest absolute Gasteiger partial charge is 0.250 e. The Kier molecular flexibility index (Phi) is 4.13. The van der Waals surface area contributed by atoms with E-state index in [4.69, 9.17) is 0 Å². The van der Waals surface area contributed by atoms with E-state index in [1.807, 2.05) is 36.4 Å². The zero-order chi connectivity index (χ0) is 9.80. The summed E-state index contributed by atoms with van der Waals surface area (Å²) in [6.45, 7) is 0.639. The summed E-state index contributed by atoms with van der Waals surface area (Å²) in [7, 11) is 0. The minimum atomic E-state index is 0. The fourth-order valence-corrected chi connectivity index (χ4v) is 1.37. The van der Waals surface area contributed by atoms with Crippen molar-refractivity contribution in [1.82, 2.24) is 4.57 Å². The number of aromatic nitrogens is 1. The third-order valence-corrected chi connectivity index (χ3v) is 2.09. The van der Waals surface area contributed by atoms with E-state index in [0.717, 1.165) is 5.56 Å². The number of rotatable bonds is 2. The maximum atomic E-state index is 11.4. The predicted molar refractivity (Wildman–Crippen MR) is 63.5 cm³/mol. The molecule has 2 aromatic rings. The van der Waals surface area contributed by atoms with E-state index in [1.165, 1.54) is 0 Å². The van der Waals surface area contributed by atoms with Crippen LogP contribution in [0.3, 0.4) is 0 Å². The molecule has 78 valence electrons. The average molecular weight is 222 g/mol. The van der Waals surface area contributed by atoms with Gasteiger partial charge in [-0.2, -0.15) is 0 Å². The van der Waals surface area contributed by atoms with Gasteiger partial charge in [-0.25, -0.2) is 0 Å². The number of nitrogens with zero attached hydrogens (tertiary/aromatic N) is 1. The SMILES string of the molecule is Cl.O=c1ccccn1Cc1ccccc1. The normalized spacial score (nSPS) is 9.33. The molecule has 2 nitrogen and oxygen atoms in total. The van der Waals surface area contributed by atoms with Crippen molar-refractivity contribution >= 4 is 12.4 Å². The monoisotopic (exact) mass is 221 g/mol. The van der Waals surface area contributed by atoms with Crippen LogP contribution in [0.2, 0.25) is 0 Å². The molecular weight excluding hydrogens is 210 g/mol. The highest BCUT2D eigenvalue weighted by Gasteiger charge is 1.94. The second-order valence-electron chi connectivity index (χ2n) is 3.15. The van der Waals surface area contributed by atoms with Crippen molar-refractivity contribution in [3.8, 4) is 0 Å². The minimum absolute atomic E-state index is 0. The average Bonchev–Trinajstić information content (AvgIpc) is 2.23. The molecule has 15 heavy (non-hydrogen) atoms. The Morgan fingerprint density at radius 1 is 0.933 bits per heavy atom. The Balaban J connectivity index is 0.00000112. The van der Waals surface area contributed by atoms with E-state index in [0.29, 0.717) is 6.54 Å². The fraction of sp³-hybridized carbons (Fsp3) is 0.0833. The third kappa shape index (κ3) is 2.96. The number of benzene rings is 1. The van der Waals surface area contributed by atoms with E-state index in [9.17, 15) is 4.79 Å². The molecule has 3 heteroatoms. The van der Waals surface area contributed by atoms with E-state index in [1.54, 1.807) is 22.9 Å². The molecule has 0 amide bonds. The lowest BCUT2D eigenvalue weighted by molar-refractivity contribution is 0.759. The van der Waals surface area contributed by atoms with Crippen molar-refractivity contribution in [1.29, 1.82) is 0 Å². The fourth-order valence-electron chi connectivity index (χ4n) is 1.37. The van der Waals surface area contributed by atoms with Gasteiger partial charge in [-0.05, 0) is 11.6 Å². The summed E-state index contributed by atoms with van der Waals surface area (Å²) >= 11 is 0. The maximum absolute atomic E-state index is 11.4. The van der Waals surface area contributed by atoms with Gasteiger partial charge < -0.3 is 4.57 Å². The molecule has 1 aromatic carbocycles. The molecule has 0 saturated heterocycles. The molecule has 0 N–H and O–H groups in total. The van der Waals surface area contributed by atoms with Gasteiger partial charge in [-0.15, -0.1) is 12.4 Å². The van der Waals surface area contributed by atoms with Crippen molar-refractivity contribution < 1.29 is 0 Å². The summed E-state index contributed by atoms with van der Waals surface area (Å²) in [5.74, 6) is 0. The highest BCUT2D eigenvalue weighted by atomic mass is 35.5. The second-order valence-corrected chi connectivity index (χ2v) is 3.15. The molecule has 0 bridgehead atoms. The minimum Gasteiger partial charge on any atom is -0.311 e. The van der Waals surface area contributed by atoms with Gasteiger partial charge in [-0.3, -0.25) is 4.79 Å². The van der Waals surface area contributed by atoms with E-state index in [2.05, 4.69) is 0 Å². The molecule has 0 fully saturated rings. The van der Waals surface area contributed by atoms with E-state index in [-0.39, 0.29) is 18.0 Å². The molecular formula is C12H12ClNO. The van der Waals surface area contributed by atoms with Gasteiger partial charge in [0.05, 0.1) is 6.54 Å². The lowest BCUT2D eigenvalue weighted by Crippen LogP contribution is -2.18. The van der Waals surface area contributed by atoms with Gasteiger partial charge in [0.25, 0.3) is 5.56 Å². The summed E-state index contributed by atoms with van der Waals surface area (Å²) in [6, 6.07) is 15.1. The second kappa shape index (κ2) is 5.37. The zero-order valence-corrected chi connectivity index (χ0v) is 8.98. The van der Waals surface area contributed by atoms with Crippen LogP contribution in [0.15, 0.2) is 59.5 Å². The van der Waals surface area contributed by atoms with Crippen LogP contribution in [-0.2, 0) is 6.54 Å². The van der Waals surface area contributed by atoms with Crippen molar-refractivity contribution in [2.75, 3.05) is 0 Å². The molecule has 0 aliphatic carbocycles. The van der Waals surface area contributed by atoms with Gasteiger partial charge >= 0.3 is 0 Å². The first-order valence-electron chi connectivity index (χ1n) is 4.56. The highest BCUT2D eigenvalue weighted by molar-refractivity contribution is 5.85. The molecule has 0 spiro atoms. The molecule has 0 atom stereocenters. The van der Waals surface area contributed by atoms with E-state index >= 15 is 0 Å². The summed E-state index contributed by atoms with van der Waals surface area (Å²) < 4.78 is 1.69. The van der Waals surface area contributed by atoms with Crippen LogP contribution in [0.5, 0.6) is 0 Å². The first kappa shape index (κ1) is 11.5. The lowest BCUT2D eigenvalue weighted by Gasteiger charge is -2.03. The van der Waals surface area contributed by atoms with Crippen LogP contribution in [0.25, 0.3) is 0 Å². The topological polar surface area (TPSA) is 22.0 Å². The Morgan fingerprint density at radius 3 is 2.27 bits per heavy atom. The summed E-state index contributed by atoms with van der Waals surface area (Å²) in [6.07, 6.45) is 1.80. The van der Waals surface area contributed by atoms with Crippen molar-refractivity contribution in [3.05, 3.63) is 70.6 Å². The van der Waals surface area contributed by atoms with Crippen LogP contribution in [0.4, 0.5) is 0 Å². The molecule has 1 heterocycles. The highest BCUT2D eigenvalue weighted by Crippen LogP contribution is 1.99. The van der Waals surface area contributed by atoms with Gasteiger partial charge in [-0.1, -0.05) is 36.4 Å². The Morgan fingerprint density at radius 2 is 1.60 bits per heavy atom. The van der Waals surface area contributed by atoms with Gasteiger partial charge in [0.15, 0.2) is 0 Å². The van der Waals surface area contributed by atoms with Gasteiger partial charge in [0, 0.05) is 12.3 Å². The van der Waals surface area contributed by atoms with Crippen LogP contribution < -0.4 is 5.56 Å². The van der Waals surface area contributed by atoms with E-state index < -0.39 is 0 Å². The Bertz CT molecular complexity index is 464. The quantitative estimate of drug-likeness (QED) is 0.763. The first-order valence-corrected chi connectivity index (χ1v) is 4.56. The summed E-state index contributed by atoms with van der Waals surface area (Å²) in [5.41, 5.74) is 1.18.